The molecule has 2 aromatic carbocycles. The highest BCUT2D eigenvalue weighted by Gasteiger charge is 2.29. The summed E-state index contributed by atoms with van der Waals surface area (Å²) in [7, 11) is 2.08. The Kier molecular flexibility index (Phi) is 7.02. The first-order valence-corrected chi connectivity index (χ1v) is 13.6. The summed E-state index contributed by atoms with van der Waals surface area (Å²) in [6.45, 7) is 7.25. The van der Waals surface area contributed by atoms with E-state index in [-0.39, 0.29) is 5.91 Å². The highest BCUT2D eigenvalue weighted by Crippen LogP contribution is 2.41. The van der Waals surface area contributed by atoms with Crippen molar-refractivity contribution in [2.45, 2.75) is 12.8 Å². The van der Waals surface area contributed by atoms with Crippen LogP contribution < -0.4 is 15.8 Å². The quantitative estimate of drug-likeness (QED) is 0.246. The number of amides is 2. The molecule has 0 atom stereocenters. The largest absolute Gasteiger partial charge is 0.439 e. The molecule has 42 heavy (non-hydrogen) atoms. The van der Waals surface area contributed by atoms with Crippen molar-refractivity contribution in [3.63, 3.8) is 0 Å². The number of likely N-dealkylation sites (tertiary alicyclic amines) is 1. The molecule has 0 spiro atoms. The van der Waals surface area contributed by atoms with Crippen molar-refractivity contribution < 1.29 is 14.3 Å². The first-order chi connectivity index (χ1) is 20.3. The van der Waals surface area contributed by atoms with E-state index < -0.39 is 5.91 Å². The number of nitrogens with two attached hydrogens (primary N) is 1. The molecule has 2 amide bonds. The van der Waals surface area contributed by atoms with Crippen molar-refractivity contribution >= 4 is 23.0 Å². The number of hydrogen-bond acceptors (Lipinski definition) is 6. The molecule has 1 aliphatic heterocycles. The van der Waals surface area contributed by atoms with Gasteiger partial charge in [0.2, 0.25) is 11.8 Å². The summed E-state index contributed by atoms with van der Waals surface area (Å²) < 4.78 is 7.97. The molecule has 9 nitrogen and oxygen atoms in total. The van der Waals surface area contributed by atoms with Crippen LogP contribution in [0.5, 0.6) is 11.6 Å². The molecule has 3 aromatic heterocycles. The molecular formula is C33H30N6O3. The number of anilines is 1. The number of primary amides is 1. The van der Waals surface area contributed by atoms with Gasteiger partial charge in [-0.05, 0) is 61.5 Å². The number of benzene rings is 2. The average molecular weight is 559 g/mol. The lowest BCUT2D eigenvalue weighted by Gasteiger charge is -2.35. The number of carbonyl (C=O) groups excluding carboxylic acids is 2. The van der Waals surface area contributed by atoms with Crippen LogP contribution in [0.1, 0.15) is 27.7 Å². The van der Waals surface area contributed by atoms with Crippen LogP contribution in [0.15, 0.2) is 91.8 Å². The maximum absolute atomic E-state index is 13.0. The normalized spacial score (nSPS) is 13.5. The van der Waals surface area contributed by atoms with Crippen molar-refractivity contribution in [2.24, 2.45) is 5.73 Å². The summed E-state index contributed by atoms with van der Waals surface area (Å²) in [6.07, 6.45) is 4.97. The van der Waals surface area contributed by atoms with Gasteiger partial charge in [0.15, 0.2) is 0 Å². The average Bonchev–Trinajstić information content (AvgIpc) is 3.31. The zero-order valence-electron chi connectivity index (χ0n) is 23.4. The number of nitrogens with one attached hydrogen (secondary N) is 1. The van der Waals surface area contributed by atoms with Gasteiger partial charge in [-0.3, -0.25) is 14.6 Å². The number of ether oxygens (including phenoxy) is 1. The van der Waals surface area contributed by atoms with Crippen LogP contribution in [-0.2, 0) is 4.79 Å². The molecule has 1 aliphatic rings. The molecule has 9 heteroatoms. The topological polar surface area (TPSA) is 115 Å². The predicted molar refractivity (Wildman–Crippen MR) is 163 cm³/mol. The lowest BCUT2D eigenvalue weighted by atomic mass is 9.96. The Labute approximate surface area is 243 Å². The summed E-state index contributed by atoms with van der Waals surface area (Å²) >= 11 is 0. The van der Waals surface area contributed by atoms with Gasteiger partial charge < -0.3 is 25.1 Å². The minimum atomic E-state index is -0.550. The highest BCUT2D eigenvalue weighted by atomic mass is 16.5. The van der Waals surface area contributed by atoms with E-state index in [1.54, 1.807) is 12.3 Å². The van der Waals surface area contributed by atoms with Crippen LogP contribution in [0, 0.1) is 6.92 Å². The Balaban J connectivity index is 1.49. The van der Waals surface area contributed by atoms with E-state index in [2.05, 4.69) is 28.8 Å². The molecule has 0 bridgehead atoms. The fourth-order valence-corrected chi connectivity index (χ4v) is 5.37. The maximum Gasteiger partial charge on any atom is 0.251 e. The zero-order chi connectivity index (χ0) is 29.4. The molecule has 0 aliphatic carbocycles. The fourth-order valence-electron chi connectivity index (χ4n) is 5.37. The molecule has 210 valence electrons. The van der Waals surface area contributed by atoms with E-state index in [9.17, 15) is 9.59 Å². The summed E-state index contributed by atoms with van der Waals surface area (Å²) in [5.41, 5.74) is 12.6. The highest BCUT2D eigenvalue weighted by molar-refractivity contribution is 6.10. The number of aryl methyl sites for hydroxylation is 1. The Morgan fingerprint density at radius 3 is 2.40 bits per heavy atom. The van der Waals surface area contributed by atoms with E-state index >= 15 is 0 Å². The molecule has 5 aromatic rings. The van der Waals surface area contributed by atoms with Crippen molar-refractivity contribution in [2.75, 3.05) is 25.5 Å². The lowest BCUT2D eigenvalue weighted by molar-refractivity contribution is -0.111. The Morgan fingerprint density at radius 1 is 1.05 bits per heavy atom. The monoisotopic (exact) mass is 558 g/mol. The number of pyridine rings is 1. The smallest absolute Gasteiger partial charge is 0.251 e. The molecule has 1 fully saturated rings. The number of hydrogen-bond donors (Lipinski definition) is 2. The van der Waals surface area contributed by atoms with Crippen LogP contribution in [0.4, 0.5) is 5.69 Å². The maximum atomic E-state index is 13.0. The second-order valence-corrected chi connectivity index (χ2v) is 10.5. The third kappa shape index (κ3) is 5.13. The van der Waals surface area contributed by atoms with Gasteiger partial charge in [0.1, 0.15) is 5.75 Å². The zero-order valence-corrected chi connectivity index (χ0v) is 23.4. The lowest BCUT2D eigenvalue weighted by Crippen LogP contribution is -2.42. The Morgan fingerprint density at radius 2 is 1.76 bits per heavy atom. The SMILES string of the molecule is C=CC(=O)Nc1ccc(-c2c(-c3ccc(Oc4cccc(C)n4)cc3)c(C(N)=O)c3cnc(C4CN(C)C4)cn23)cc1. The first kappa shape index (κ1) is 26.9. The summed E-state index contributed by atoms with van der Waals surface area (Å²) in [6, 6.07) is 20.6. The van der Waals surface area contributed by atoms with Gasteiger partial charge in [-0.1, -0.05) is 36.9 Å². The van der Waals surface area contributed by atoms with Crippen molar-refractivity contribution in [3.8, 4) is 34.0 Å². The first-order valence-electron chi connectivity index (χ1n) is 13.6. The molecule has 0 radical (unpaired) electrons. The van der Waals surface area contributed by atoms with Crippen molar-refractivity contribution in [1.29, 1.82) is 0 Å². The van der Waals surface area contributed by atoms with E-state index in [0.717, 1.165) is 41.3 Å². The standard InChI is InChI=1S/C33H30N6O3/c1-4-28(40)37-24-12-8-22(9-13-24)32-30(21-10-14-25(15-11-21)42-29-7-5-6-20(2)36-29)31(33(34)41)27-16-35-26(19-39(27)32)23-17-38(3)18-23/h4-16,19,23H,1,17-18H2,2-3H3,(H2,34,41)(H,37,40). The second kappa shape index (κ2) is 10.9. The molecule has 3 N–H and O–H groups in total. The van der Waals surface area contributed by atoms with Gasteiger partial charge in [-0.15, -0.1) is 0 Å². The predicted octanol–water partition coefficient (Wildman–Crippen LogP) is 5.42. The van der Waals surface area contributed by atoms with E-state index in [4.69, 9.17) is 15.5 Å². The van der Waals surface area contributed by atoms with Gasteiger partial charge in [-0.2, -0.15) is 0 Å². The number of nitrogens with zero attached hydrogens (tertiary/aromatic N) is 4. The summed E-state index contributed by atoms with van der Waals surface area (Å²) in [5, 5.41) is 2.78. The second-order valence-electron chi connectivity index (χ2n) is 10.5. The number of fused-ring (bicyclic) bond motifs is 1. The third-order valence-electron chi connectivity index (χ3n) is 7.41. The Bertz CT molecular complexity index is 1820. The summed E-state index contributed by atoms with van der Waals surface area (Å²) in [5.74, 6) is 0.573. The van der Waals surface area contributed by atoms with Gasteiger partial charge in [-0.25, -0.2) is 4.98 Å². The van der Waals surface area contributed by atoms with Crippen LogP contribution in [0.3, 0.4) is 0 Å². The molecule has 0 unspecified atom stereocenters. The van der Waals surface area contributed by atoms with Crippen LogP contribution in [0.2, 0.25) is 0 Å². The molecule has 1 saturated heterocycles. The van der Waals surface area contributed by atoms with E-state index in [0.29, 0.717) is 39.9 Å². The van der Waals surface area contributed by atoms with Gasteiger partial charge in [0.25, 0.3) is 5.91 Å². The van der Waals surface area contributed by atoms with Crippen LogP contribution in [0.25, 0.3) is 27.9 Å². The number of aromatic nitrogens is 3. The van der Waals surface area contributed by atoms with Gasteiger partial charge in [0, 0.05) is 48.2 Å². The number of likely N-dealkylation sites (N-methyl/N-ethyl adjacent to an activating group) is 1. The van der Waals surface area contributed by atoms with Gasteiger partial charge >= 0.3 is 0 Å². The molecule has 6 rings (SSSR count). The minimum Gasteiger partial charge on any atom is -0.439 e. The van der Waals surface area contributed by atoms with Crippen molar-refractivity contribution in [3.05, 3.63) is 109 Å². The fraction of sp³-hybridized carbons (Fsp3) is 0.152. The molecule has 4 heterocycles. The van der Waals surface area contributed by atoms with Crippen LogP contribution >= 0.6 is 0 Å². The third-order valence-corrected chi connectivity index (χ3v) is 7.41. The summed E-state index contributed by atoms with van der Waals surface area (Å²) in [4.78, 5) is 36.2. The Hall–Kier alpha value is -5.28. The minimum absolute atomic E-state index is 0.294. The number of rotatable bonds is 8. The molecule has 0 saturated carbocycles. The molecular weight excluding hydrogens is 528 g/mol. The van der Waals surface area contributed by atoms with E-state index in [1.165, 1.54) is 6.08 Å². The van der Waals surface area contributed by atoms with E-state index in [1.807, 2.05) is 78.2 Å². The van der Waals surface area contributed by atoms with Crippen LogP contribution in [-0.4, -0.2) is 51.2 Å². The number of carbonyl (C=O) groups is 2. The van der Waals surface area contributed by atoms with Crippen molar-refractivity contribution in [1.82, 2.24) is 19.3 Å². The van der Waals surface area contributed by atoms with Gasteiger partial charge in [0.05, 0.1) is 28.7 Å².